The number of nitrogens with two attached hydrogens (primary N) is 1. The van der Waals surface area contributed by atoms with Crippen molar-refractivity contribution in [1.29, 1.82) is 0 Å². The van der Waals surface area contributed by atoms with Gasteiger partial charge in [0.15, 0.2) is 0 Å². The molecule has 2 rings (SSSR count). The van der Waals surface area contributed by atoms with Gasteiger partial charge in [0, 0.05) is 6.04 Å². The Balaban J connectivity index is 0.00000128. The molecule has 2 fully saturated rings. The predicted molar refractivity (Wildman–Crippen MR) is 62.2 cm³/mol. The van der Waals surface area contributed by atoms with Crippen LogP contribution in [0.1, 0.15) is 25.7 Å². The van der Waals surface area contributed by atoms with Crippen LogP contribution in [0.3, 0.4) is 0 Å². The maximum Gasteiger partial charge on any atom is 0.239 e. The molecule has 5 nitrogen and oxygen atoms in total. The van der Waals surface area contributed by atoms with Gasteiger partial charge in [-0.2, -0.15) is 0 Å². The van der Waals surface area contributed by atoms with Gasteiger partial charge in [-0.1, -0.05) is 12.8 Å². The Kier molecular flexibility index (Phi) is 4.56. The molecule has 1 aliphatic carbocycles. The SMILES string of the molecule is Cl.NCC(=O)N1CC(=O)NC2CCCCC21. The predicted octanol–water partition coefficient (Wildman–Crippen LogP) is -0.364. The smallest absolute Gasteiger partial charge is 0.239 e. The van der Waals surface area contributed by atoms with Crippen LogP contribution in [0.15, 0.2) is 0 Å². The zero-order valence-corrected chi connectivity index (χ0v) is 9.96. The lowest BCUT2D eigenvalue weighted by Gasteiger charge is -2.43. The second kappa shape index (κ2) is 5.50. The largest absolute Gasteiger partial charge is 0.350 e. The Morgan fingerprint density at radius 1 is 1.44 bits per heavy atom. The molecule has 0 aromatic heterocycles. The first-order valence-corrected chi connectivity index (χ1v) is 5.51. The lowest BCUT2D eigenvalue weighted by atomic mass is 9.87. The summed E-state index contributed by atoms with van der Waals surface area (Å²) in [6, 6.07) is 0.322. The normalized spacial score (nSPS) is 28.8. The third-order valence-corrected chi connectivity index (χ3v) is 3.29. The van der Waals surface area contributed by atoms with Crippen molar-refractivity contribution in [1.82, 2.24) is 10.2 Å². The van der Waals surface area contributed by atoms with Crippen molar-refractivity contribution in [3.8, 4) is 0 Å². The summed E-state index contributed by atoms with van der Waals surface area (Å²) in [5, 5.41) is 2.95. The molecule has 1 heterocycles. The number of nitrogens with one attached hydrogen (secondary N) is 1. The molecule has 1 saturated heterocycles. The molecule has 0 spiro atoms. The summed E-state index contributed by atoms with van der Waals surface area (Å²) in [5.41, 5.74) is 5.35. The van der Waals surface area contributed by atoms with Crippen LogP contribution >= 0.6 is 12.4 Å². The van der Waals surface area contributed by atoms with Gasteiger partial charge in [0.05, 0.1) is 19.1 Å². The summed E-state index contributed by atoms with van der Waals surface area (Å²) >= 11 is 0. The molecule has 0 aromatic carbocycles. The van der Waals surface area contributed by atoms with E-state index in [1.54, 1.807) is 4.90 Å². The number of nitrogens with zero attached hydrogens (tertiary/aromatic N) is 1. The molecule has 2 unspecified atom stereocenters. The third kappa shape index (κ3) is 2.47. The van der Waals surface area contributed by atoms with E-state index in [0.717, 1.165) is 25.7 Å². The molecule has 1 aliphatic heterocycles. The number of amides is 2. The molecule has 92 valence electrons. The van der Waals surface area contributed by atoms with Crippen LogP contribution < -0.4 is 11.1 Å². The topological polar surface area (TPSA) is 75.4 Å². The van der Waals surface area contributed by atoms with Gasteiger partial charge >= 0.3 is 0 Å². The molecule has 0 radical (unpaired) electrons. The van der Waals surface area contributed by atoms with Gasteiger partial charge in [-0.25, -0.2) is 0 Å². The van der Waals surface area contributed by atoms with E-state index in [4.69, 9.17) is 5.73 Å². The summed E-state index contributed by atoms with van der Waals surface area (Å²) in [6.45, 7) is 0.174. The Bertz CT molecular complexity index is 285. The van der Waals surface area contributed by atoms with Crippen LogP contribution in [0.5, 0.6) is 0 Å². The van der Waals surface area contributed by atoms with Gasteiger partial charge in [0.2, 0.25) is 11.8 Å². The van der Waals surface area contributed by atoms with E-state index in [0.29, 0.717) is 0 Å². The van der Waals surface area contributed by atoms with Crippen molar-refractivity contribution in [2.45, 2.75) is 37.8 Å². The molecule has 2 amide bonds. The number of carbonyl (C=O) groups excluding carboxylic acids is 2. The van der Waals surface area contributed by atoms with E-state index in [9.17, 15) is 9.59 Å². The van der Waals surface area contributed by atoms with Crippen LogP contribution in [0, 0.1) is 0 Å². The van der Waals surface area contributed by atoms with E-state index in [2.05, 4.69) is 5.32 Å². The summed E-state index contributed by atoms with van der Waals surface area (Å²) in [4.78, 5) is 24.6. The van der Waals surface area contributed by atoms with Gasteiger partial charge in [-0.05, 0) is 12.8 Å². The Morgan fingerprint density at radius 3 is 2.81 bits per heavy atom. The first-order valence-electron chi connectivity index (χ1n) is 5.51. The maximum absolute atomic E-state index is 11.6. The first-order chi connectivity index (χ1) is 7.22. The molecule has 16 heavy (non-hydrogen) atoms. The molecular formula is C10H18ClN3O2. The molecule has 6 heteroatoms. The van der Waals surface area contributed by atoms with E-state index >= 15 is 0 Å². The van der Waals surface area contributed by atoms with Gasteiger partial charge in [0.1, 0.15) is 0 Å². The van der Waals surface area contributed by atoms with Gasteiger partial charge in [-0.15, -0.1) is 12.4 Å². The summed E-state index contributed by atoms with van der Waals surface area (Å²) in [6.07, 6.45) is 4.22. The maximum atomic E-state index is 11.6. The van der Waals surface area contributed by atoms with Gasteiger partial charge in [-0.3, -0.25) is 9.59 Å². The van der Waals surface area contributed by atoms with E-state index in [1.807, 2.05) is 0 Å². The lowest BCUT2D eigenvalue weighted by Crippen LogP contribution is -2.63. The zero-order valence-electron chi connectivity index (χ0n) is 9.15. The molecule has 0 bridgehead atoms. The Labute approximate surface area is 101 Å². The van der Waals surface area contributed by atoms with E-state index in [-0.39, 0.29) is 49.4 Å². The lowest BCUT2D eigenvalue weighted by molar-refractivity contribution is -0.143. The average Bonchev–Trinajstić information content (AvgIpc) is 2.26. The number of piperazine rings is 1. The highest BCUT2D eigenvalue weighted by atomic mass is 35.5. The minimum Gasteiger partial charge on any atom is -0.350 e. The van der Waals surface area contributed by atoms with E-state index < -0.39 is 0 Å². The molecular weight excluding hydrogens is 230 g/mol. The van der Waals surface area contributed by atoms with E-state index in [1.165, 1.54) is 0 Å². The number of fused-ring (bicyclic) bond motifs is 1. The summed E-state index contributed by atoms with van der Waals surface area (Å²) in [7, 11) is 0. The highest BCUT2D eigenvalue weighted by Gasteiger charge is 2.38. The van der Waals surface area contributed by atoms with Crippen LogP contribution in [0.4, 0.5) is 0 Å². The number of rotatable bonds is 1. The third-order valence-electron chi connectivity index (χ3n) is 3.29. The summed E-state index contributed by atoms with van der Waals surface area (Å²) < 4.78 is 0. The molecule has 2 atom stereocenters. The number of halogens is 1. The minimum atomic E-state index is -0.109. The molecule has 3 N–H and O–H groups in total. The molecule has 2 aliphatic rings. The zero-order chi connectivity index (χ0) is 10.8. The second-order valence-corrected chi connectivity index (χ2v) is 4.25. The number of hydrogen-bond donors (Lipinski definition) is 2. The first kappa shape index (κ1) is 13.3. The molecule has 1 saturated carbocycles. The van der Waals surface area contributed by atoms with Crippen molar-refractivity contribution < 1.29 is 9.59 Å². The average molecular weight is 248 g/mol. The van der Waals surface area contributed by atoms with Gasteiger partial charge < -0.3 is 16.0 Å². The minimum absolute atomic E-state index is 0. The van der Waals surface area contributed by atoms with Crippen molar-refractivity contribution in [2.75, 3.05) is 13.1 Å². The fourth-order valence-electron chi connectivity index (χ4n) is 2.57. The Morgan fingerprint density at radius 2 is 2.12 bits per heavy atom. The van der Waals surface area contributed by atoms with Crippen molar-refractivity contribution in [2.24, 2.45) is 5.73 Å². The highest BCUT2D eigenvalue weighted by molar-refractivity contribution is 5.87. The highest BCUT2D eigenvalue weighted by Crippen LogP contribution is 2.25. The van der Waals surface area contributed by atoms with Crippen molar-refractivity contribution >= 4 is 24.2 Å². The van der Waals surface area contributed by atoms with Crippen LogP contribution in [0.2, 0.25) is 0 Å². The quantitative estimate of drug-likeness (QED) is 0.664. The van der Waals surface area contributed by atoms with Crippen LogP contribution in [-0.4, -0.2) is 41.9 Å². The summed E-state index contributed by atoms with van der Waals surface area (Å²) in [5.74, 6) is -0.165. The van der Waals surface area contributed by atoms with Crippen LogP contribution in [-0.2, 0) is 9.59 Å². The number of carbonyl (C=O) groups is 2. The van der Waals surface area contributed by atoms with Crippen LogP contribution in [0.25, 0.3) is 0 Å². The second-order valence-electron chi connectivity index (χ2n) is 4.25. The molecule has 0 aromatic rings. The fraction of sp³-hybridized carbons (Fsp3) is 0.800. The standard InChI is InChI=1S/C10H17N3O2.ClH/c11-5-10(15)13-6-9(14)12-7-3-1-2-4-8(7)13;/h7-8H,1-6,11H2,(H,12,14);1H. The Hall–Kier alpha value is -0.810. The van der Waals surface area contributed by atoms with Gasteiger partial charge in [0.25, 0.3) is 0 Å². The van der Waals surface area contributed by atoms with Crippen molar-refractivity contribution in [3.63, 3.8) is 0 Å². The number of hydrogen-bond acceptors (Lipinski definition) is 3. The fourth-order valence-corrected chi connectivity index (χ4v) is 2.57. The monoisotopic (exact) mass is 247 g/mol. The van der Waals surface area contributed by atoms with Crippen molar-refractivity contribution in [3.05, 3.63) is 0 Å².